The predicted molar refractivity (Wildman–Crippen MR) is 136 cm³/mol. The van der Waals surface area contributed by atoms with Crippen molar-refractivity contribution < 1.29 is 13.9 Å². The van der Waals surface area contributed by atoms with E-state index in [4.69, 9.17) is 4.74 Å². The average molecular weight is 494 g/mol. The summed E-state index contributed by atoms with van der Waals surface area (Å²) < 4.78 is 23.4. The highest BCUT2D eigenvalue weighted by Gasteiger charge is 2.29. The normalized spacial score (nSPS) is 15.1. The summed E-state index contributed by atoms with van der Waals surface area (Å²) in [6, 6.07) is 1.90. The maximum Gasteiger partial charge on any atom is 0.236 e. The van der Waals surface area contributed by atoms with Gasteiger partial charge in [-0.2, -0.15) is 5.10 Å². The Morgan fingerprint density at radius 1 is 1.28 bits per heavy atom. The number of aromatic amines is 1. The van der Waals surface area contributed by atoms with Crippen molar-refractivity contribution in [1.29, 1.82) is 0 Å². The number of carbonyl (C=O) groups is 1. The molecule has 4 aromatic heterocycles. The lowest BCUT2D eigenvalue weighted by atomic mass is 9.90. The highest BCUT2D eigenvalue weighted by atomic mass is 19.1. The monoisotopic (exact) mass is 493 g/mol. The van der Waals surface area contributed by atoms with Gasteiger partial charge in [0.15, 0.2) is 17.2 Å². The van der Waals surface area contributed by atoms with Crippen LogP contribution >= 0.6 is 0 Å². The molecule has 190 valence electrons. The van der Waals surface area contributed by atoms with Gasteiger partial charge in [-0.3, -0.25) is 9.78 Å². The molecule has 0 aliphatic carbocycles. The molecule has 1 aliphatic rings. The third-order valence-corrected chi connectivity index (χ3v) is 6.96. The van der Waals surface area contributed by atoms with E-state index >= 15 is 4.39 Å². The third-order valence-electron chi connectivity index (χ3n) is 6.96. The van der Waals surface area contributed by atoms with E-state index in [1.165, 1.54) is 6.33 Å². The molecule has 0 saturated carbocycles. The van der Waals surface area contributed by atoms with Gasteiger partial charge in [-0.05, 0) is 44.5 Å². The van der Waals surface area contributed by atoms with E-state index in [1.54, 1.807) is 17.8 Å². The number of likely N-dealkylation sites (N-methyl/N-ethyl adjacent to an activating group) is 1. The van der Waals surface area contributed by atoms with E-state index in [0.717, 1.165) is 16.8 Å². The summed E-state index contributed by atoms with van der Waals surface area (Å²) in [6.45, 7) is 5.74. The number of nitrogens with zero attached hydrogens (tertiary/aromatic N) is 6. The molecule has 5 heterocycles. The fraction of sp³-hybridized carbons (Fsp3) is 0.462. The number of amides is 1. The molecule has 10 heteroatoms. The van der Waals surface area contributed by atoms with E-state index in [2.05, 4.69) is 33.9 Å². The van der Waals surface area contributed by atoms with Crippen LogP contribution in [0.4, 0.5) is 4.39 Å². The van der Waals surface area contributed by atoms with Crippen LogP contribution in [0.1, 0.15) is 49.8 Å². The first-order valence-corrected chi connectivity index (χ1v) is 12.3. The molecule has 5 rings (SSSR count). The minimum absolute atomic E-state index is 0.0252. The fourth-order valence-electron chi connectivity index (χ4n) is 5.23. The Kier molecular flexibility index (Phi) is 6.38. The Hall–Kier alpha value is -3.53. The van der Waals surface area contributed by atoms with E-state index in [0.29, 0.717) is 60.5 Å². The molecule has 4 aromatic rings. The van der Waals surface area contributed by atoms with Gasteiger partial charge >= 0.3 is 0 Å². The molecule has 0 radical (unpaired) electrons. The summed E-state index contributed by atoms with van der Waals surface area (Å²) in [7, 11) is 5.37. The van der Waals surface area contributed by atoms with E-state index in [9.17, 15) is 4.79 Å². The molecule has 0 aromatic carbocycles. The highest BCUT2D eigenvalue weighted by molar-refractivity contribution is 5.92. The number of carbonyl (C=O) groups excluding carboxylic acids is 1. The van der Waals surface area contributed by atoms with Crippen LogP contribution < -0.4 is 4.74 Å². The Balaban J connectivity index is 1.52. The maximum absolute atomic E-state index is 16.2. The predicted octanol–water partition coefficient (Wildman–Crippen LogP) is 3.81. The summed E-state index contributed by atoms with van der Waals surface area (Å²) in [5.74, 6) is 0.461. The number of ether oxygens (including phenoxy) is 1. The maximum atomic E-state index is 16.2. The van der Waals surface area contributed by atoms with Crippen LogP contribution in [0.2, 0.25) is 0 Å². The SMILES string of the molecule is COc1cc(-c2[nH]c3cnc(C4CCN(C(=O)CN(C)C)CC4)c(F)c3c2C(C)C)cn2ncnc12. The average Bonchev–Trinajstić information content (AvgIpc) is 3.48. The highest BCUT2D eigenvalue weighted by Crippen LogP contribution is 2.40. The number of nitrogens with one attached hydrogen (secondary N) is 1. The van der Waals surface area contributed by atoms with Gasteiger partial charge in [-0.1, -0.05) is 13.8 Å². The quantitative estimate of drug-likeness (QED) is 0.439. The molecule has 1 amide bonds. The number of hydrogen-bond donors (Lipinski definition) is 1. The first-order chi connectivity index (χ1) is 17.3. The number of fused-ring (bicyclic) bond motifs is 2. The Labute approximate surface area is 209 Å². The van der Waals surface area contributed by atoms with Crippen molar-refractivity contribution in [3.63, 3.8) is 0 Å². The van der Waals surface area contributed by atoms with Gasteiger partial charge in [0.05, 0.1) is 36.8 Å². The van der Waals surface area contributed by atoms with Crippen LogP contribution in [-0.2, 0) is 4.79 Å². The molecule has 1 saturated heterocycles. The molecule has 36 heavy (non-hydrogen) atoms. The van der Waals surface area contributed by atoms with Crippen molar-refractivity contribution in [3.05, 3.63) is 41.9 Å². The van der Waals surface area contributed by atoms with Crippen molar-refractivity contribution in [2.75, 3.05) is 40.8 Å². The fourth-order valence-corrected chi connectivity index (χ4v) is 5.23. The second-order valence-electron chi connectivity index (χ2n) is 10.0. The van der Waals surface area contributed by atoms with Crippen LogP contribution in [0, 0.1) is 5.82 Å². The minimum atomic E-state index is -0.273. The van der Waals surface area contributed by atoms with E-state index in [-0.39, 0.29) is 23.6 Å². The molecule has 0 spiro atoms. The number of hydrogen-bond acceptors (Lipinski definition) is 6. The summed E-state index contributed by atoms with van der Waals surface area (Å²) in [4.78, 5) is 28.4. The van der Waals surface area contributed by atoms with Gasteiger partial charge in [0.2, 0.25) is 5.91 Å². The van der Waals surface area contributed by atoms with Crippen molar-refractivity contribution in [3.8, 4) is 17.0 Å². The van der Waals surface area contributed by atoms with Crippen molar-refractivity contribution in [1.82, 2.24) is 34.4 Å². The number of rotatable bonds is 6. The second-order valence-corrected chi connectivity index (χ2v) is 10.0. The smallest absolute Gasteiger partial charge is 0.236 e. The lowest BCUT2D eigenvalue weighted by Gasteiger charge is -2.32. The lowest BCUT2D eigenvalue weighted by Crippen LogP contribution is -2.42. The number of aromatic nitrogens is 5. The standard InChI is InChI=1S/C26H32FN7O2/c1-15(2)21-22-18(31-24(21)17-10-19(36-5)26-29-14-30-34(26)12-17)11-28-25(23(22)27)16-6-8-33(9-7-16)20(35)13-32(3)4/h10-12,14-16,31H,6-9,13H2,1-5H3. The van der Waals surface area contributed by atoms with Gasteiger partial charge in [0, 0.05) is 36.2 Å². The Morgan fingerprint density at radius 3 is 2.69 bits per heavy atom. The lowest BCUT2D eigenvalue weighted by molar-refractivity contribution is -0.132. The molecular weight excluding hydrogens is 461 g/mol. The number of pyridine rings is 2. The number of piperidine rings is 1. The number of methoxy groups -OCH3 is 1. The molecule has 0 bridgehead atoms. The topological polar surface area (TPSA) is 91.7 Å². The summed E-state index contributed by atoms with van der Waals surface area (Å²) in [5.41, 5.74) is 4.31. The molecule has 0 unspecified atom stereocenters. The number of halogens is 1. The van der Waals surface area contributed by atoms with Crippen LogP contribution in [-0.4, -0.2) is 81.1 Å². The Morgan fingerprint density at radius 2 is 2.03 bits per heavy atom. The molecule has 1 N–H and O–H groups in total. The Bertz CT molecular complexity index is 1420. The van der Waals surface area contributed by atoms with Gasteiger partial charge in [-0.15, -0.1) is 0 Å². The third kappa shape index (κ3) is 4.19. The summed E-state index contributed by atoms with van der Waals surface area (Å²) in [5, 5.41) is 4.84. The van der Waals surface area contributed by atoms with Crippen LogP contribution in [0.3, 0.4) is 0 Å². The van der Waals surface area contributed by atoms with Crippen molar-refractivity contribution >= 4 is 22.5 Å². The van der Waals surface area contributed by atoms with Crippen LogP contribution in [0.5, 0.6) is 5.75 Å². The van der Waals surface area contributed by atoms with Crippen molar-refractivity contribution in [2.24, 2.45) is 0 Å². The second kappa shape index (κ2) is 9.50. The first kappa shape index (κ1) is 24.2. The summed E-state index contributed by atoms with van der Waals surface area (Å²) in [6.07, 6.45) is 6.48. The van der Waals surface area contributed by atoms with E-state index in [1.807, 2.05) is 36.2 Å². The van der Waals surface area contributed by atoms with Gasteiger partial charge < -0.3 is 19.5 Å². The van der Waals surface area contributed by atoms with Gasteiger partial charge in [-0.25, -0.2) is 13.9 Å². The zero-order valence-corrected chi connectivity index (χ0v) is 21.4. The minimum Gasteiger partial charge on any atom is -0.493 e. The molecule has 9 nitrogen and oxygen atoms in total. The zero-order valence-electron chi connectivity index (χ0n) is 21.4. The largest absolute Gasteiger partial charge is 0.493 e. The molecule has 1 fully saturated rings. The molecule has 1 aliphatic heterocycles. The van der Waals surface area contributed by atoms with Crippen LogP contribution in [0.25, 0.3) is 27.8 Å². The summed E-state index contributed by atoms with van der Waals surface area (Å²) >= 11 is 0. The van der Waals surface area contributed by atoms with Gasteiger partial charge in [0.25, 0.3) is 0 Å². The van der Waals surface area contributed by atoms with Crippen molar-refractivity contribution in [2.45, 2.75) is 38.5 Å². The van der Waals surface area contributed by atoms with Crippen LogP contribution in [0.15, 0.2) is 24.8 Å². The zero-order chi connectivity index (χ0) is 25.6. The molecular formula is C26H32FN7O2. The molecule has 0 atom stereocenters. The van der Waals surface area contributed by atoms with E-state index < -0.39 is 0 Å². The number of likely N-dealkylation sites (tertiary alicyclic amines) is 1. The van der Waals surface area contributed by atoms with Gasteiger partial charge in [0.1, 0.15) is 6.33 Å². The first-order valence-electron chi connectivity index (χ1n) is 12.3. The number of H-pyrrole nitrogens is 1.